The molecule has 1 aromatic heterocycles. The molecule has 1 N–H and O–H groups in total. The van der Waals surface area contributed by atoms with E-state index in [1.807, 2.05) is 11.3 Å². The van der Waals surface area contributed by atoms with Gasteiger partial charge in [-0.3, -0.25) is 0 Å². The highest BCUT2D eigenvalue weighted by molar-refractivity contribution is 9.11. The van der Waals surface area contributed by atoms with Gasteiger partial charge in [-0.1, -0.05) is 6.42 Å². The van der Waals surface area contributed by atoms with Crippen molar-refractivity contribution >= 4 is 27.3 Å². The first-order valence-electron chi connectivity index (χ1n) is 6.21. The first-order valence-corrected chi connectivity index (χ1v) is 7.82. The summed E-state index contributed by atoms with van der Waals surface area (Å²) in [5.74, 6) is 3.08. The van der Waals surface area contributed by atoms with Crippen molar-refractivity contribution in [2.75, 3.05) is 7.05 Å². The highest BCUT2D eigenvalue weighted by Gasteiger charge is 2.55. The number of halogens is 1. The number of nitrogens with one attached hydrogen (secondary N) is 1. The van der Waals surface area contributed by atoms with Gasteiger partial charge in [0.2, 0.25) is 0 Å². The molecular weight excluding hydrogens is 282 g/mol. The standard InChI is InChI=1S/C13H18BrNS/c1-15-11(7-8-5-6-12(14)16-8)13-9-3-2-4-10(9)13/h5-6,9-11,13,15H,2-4,7H2,1H3. The fourth-order valence-corrected chi connectivity index (χ4v) is 5.12. The lowest BCUT2D eigenvalue weighted by atomic mass is 10.0. The van der Waals surface area contributed by atoms with Gasteiger partial charge >= 0.3 is 0 Å². The Morgan fingerprint density at radius 1 is 1.44 bits per heavy atom. The second-order valence-corrected chi connectivity index (χ2v) is 7.69. The lowest BCUT2D eigenvalue weighted by Crippen LogP contribution is -2.31. The van der Waals surface area contributed by atoms with Crippen LogP contribution in [0, 0.1) is 17.8 Å². The van der Waals surface area contributed by atoms with Gasteiger partial charge in [0.05, 0.1) is 3.79 Å². The van der Waals surface area contributed by atoms with Gasteiger partial charge in [0.15, 0.2) is 0 Å². The van der Waals surface area contributed by atoms with Crippen molar-refractivity contribution in [2.24, 2.45) is 17.8 Å². The molecule has 2 fully saturated rings. The number of likely N-dealkylation sites (N-methyl/N-ethyl adjacent to an activating group) is 1. The Kier molecular flexibility index (Phi) is 3.11. The van der Waals surface area contributed by atoms with Crippen molar-refractivity contribution in [3.05, 3.63) is 20.8 Å². The SMILES string of the molecule is CNC(Cc1ccc(Br)s1)C1C2CCCC21. The predicted molar refractivity (Wildman–Crippen MR) is 72.9 cm³/mol. The molecule has 3 atom stereocenters. The number of thiophene rings is 1. The van der Waals surface area contributed by atoms with Gasteiger partial charge in [-0.25, -0.2) is 0 Å². The van der Waals surface area contributed by atoms with E-state index in [9.17, 15) is 0 Å². The van der Waals surface area contributed by atoms with E-state index in [0.29, 0.717) is 6.04 Å². The summed E-state index contributed by atoms with van der Waals surface area (Å²) in [4.78, 5) is 1.51. The molecule has 0 bridgehead atoms. The maximum Gasteiger partial charge on any atom is 0.0701 e. The third kappa shape index (κ3) is 1.98. The highest BCUT2D eigenvalue weighted by atomic mass is 79.9. The topological polar surface area (TPSA) is 12.0 Å². The molecule has 2 aliphatic carbocycles. The molecule has 3 unspecified atom stereocenters. The number of hydrogen-bond donors (Lipinski definition) is 1. The van der Waals surface area contributed by atoms with Crippen LogP contribution < -0.4 is 5.32 Å². The van der Waals surface area contributed by atoms with E-state index in [2.05, 4.69) is 40.4 Å². The van der Waals surface area contributed by atoms with Crippen LogP contribution in [-0.2, 0) is 6.42 Å². The van der Waals surface area contributed by atoms with Crippen LogP contribution in [0.2, 0.25) is 0 Å². The molecule has 1 nitrogen and oxygen atoms in total. The van der Waals surface area contributed by atoms with Crippen molar-refractivity contribution in [3.63, 3.8) is 0 Å². The molecule has 0 aliphatic heterocycles. The van der Waals surface area contributed by atoms with Crippen molar-refractivity contribution in [2.45, 2.75) is 31.7 Å². The van der Waals surface area contributed by atoms with Crippen LogP contribution >= 0.6 is 27.3 Å². The molecule has 2 aliphatic rings. The monoisotopic (exact) mass is 299 g/mol. The van der Waals surface area contributed by atoms with E-state index >= 15 is 0 Å². The molecule has 0 amide bonds. The second kappa shape index (κ2) is 4.43. The molecule has 0 spiro atoms. The Balaban J connectivity index is 1.64. The number of fused-ring (bicyclic) bond motifs is 1. The minimum absolute atomic E-state index is 0.709. The summed E-state index contributed by atoms with van der Waals surface area (Å²) in [6.07, 6.45) is 5.67. The van der Waals surface area contributed by atoms with Gasteiger partial charge in [-0.15, -0.1) is 11.3 Å². The van der Waals surface area contributed by atoms with Crippen molar-refractivity contribution in [3.8, 4) is 0 Å². The van der Waals surface area contributed by atoms with Crippen LogP contribution in [0.5, 0.6) is 0 Å². The van der Waals surface area contributed by atoms with Crippen molar-refractivity contribution in [1.82, 2.24) is 5.32 Å². The maximum atomic E-state index is 3.54. The molecule has 3 rings (SSSR count). The minimum Gasteiger partial charge on any atom is -0.316 e. The van der Waals surface area contributed by atoms with Gasteiger partial charge in [0.25, 0.3) is 0 Å². The van der Waals surface area contributed by atoms with Crippen LogP contribution in [0.4, 0.5) is 0 Å². The first-order chi connectivity index (χ1) is 7.79. The Bertz CT molecular complexity index is 366. The lowest BCUT2D eigenvalue weighted by molar-refractivity contribution is 0.430. The summed E-state index contributed by atoms with van der Waals surface area (Å²) in [5, 5.41) is 3.54. The van der Waals surface area contributed by atoms with E-state index in [-0.39, 0.29) is 0 Å². The van der Waals surface area contributed by atoms with E-state index in [0.717, 1.165) is 17.8 Å². The summed E-state index contributed by atoms with van der Waals surface area (Å²) in [6, 6.07) is 5.14. The largest absolute Gasteiger partial charge is 0.316 e. The average molecular weight is 300 g/mol. The van der Waals surface area contributed by atoms with Gasteiger partial charge in [-0.2, -0.15) is 0 Å². The van der Waals surface area contributed by atoms with Gasteiger partial charge in [0.1, 0.15) is 0 Å². The van der Waals surface area contributed by atoms with E-state index < -0.39 is 0 Å². The first kappa shape index (κ1) is 11.2. The Labute approximate surface area is 110 Å². The third-order valence-electron chi connectivity index (χ3n) is 4.36. The zero-order valence-corrected chi connectivity index (χ0v) is 12.0. The van der Waals surface area contributed by atoms with Crippen LogP contribution in [0.3, 0.4) is 0 Å². The summed E-state index contributed by atoms with van der Waals surface area (Å²) in [7, 11) is 2.13. The summed E-state index contributed by atoms with van der Waals surface area (Å²) in [6.45, 7) is 0. The molecule has 3 heteroatoms. The zero-order chi connectivity index (χ0) is 11.1. The molecule has 2 saturated carbocycles. The number of rotatable bonds is 4. The van der Waals surface area contributed by atoms with E-state index in [1.165, 1.54) is 34.3 Å². The molecular formula is C13H18BrNS. The van der Waals surface area contributed by atoms with Crippen molar-refractivity contribution < 1.29 is 0 Å². The van der Waals surface area contributed by atoms with Gasteiger partial charge in [-0.05, 0) is 72.1 Å². The lowest BCUT2D eigenvalue weighted by Gasteiger charge is -2.17. The molecule has 0 aromatic carbocycles. The second-order valence-electron chi connectivity index (χ2n) is 5.14. The van der Waals surface area contributed by atoms with Crippen LogP contribution in [0.25, 0.3) is 0 Å². The quantitative estimate of drug-likeness (QED) is 0.894. The fraction of sp³-hybridized carbons (Fsp3) is 0.692. The molecule has 16 heavy (non-hydrogen) atoms. The summed E-state index contributed by atoms with van der Waals surface area (Å²) in [5.41, 5.74) is 0. The van der Waals surface area contributed by atoms with Crippen LogP contribution in [-0.4, -0.2) is 13.1 Å². The third-order valence-corrected chi connectivity index (χ3v) is 6.00. The molecule has 1 heterocycles. The predicted octanol–water partition coefficient (Wildman–Crippen LogP) is 3.69. The molecule has 1 aromatic rings. The van der Waals surface area contributed by atoms with Crippen LogP contribution in [0.1, 0.15) is 24.1 Å². The van der Waals surface area contributed by atoms with Crippen molar-refractivity contribution in [1.29, 1.82) is 0 Å². The van der Waals surface area contributed by atoms with Gasteiger partial charge in [0, 0.05) is 10.9 Å². The van der Waals surface area contributed by atoms with E-state index in [4.69, 9.17) is 0 Å². The maximum absolute atomic E-state index is 3.54. The summed E-state index contributed by atoms with van der Waals surface area (Å²) >= 11 is 5.42. The normalized spacial score (nSPS) is 33.8. The Morgan fingerprint density at radius 3 is 2.75 bits per heavy atom. The molecule has 88 valence electrons. The number of hydrogen-bond acceptors (Lipinski definition) is 2. The Hall–Kier alpha value is 0.140. The Morgan fingerprint density at radius 2 is 2.19 bits per heavy atom. The molecule has 0 saturated heterocycles. The van der Waals surface area contributed by atoms with Crippen LogP contribution in [0.15, 0.2) is 15.9 Å². The zero-order valence-electron chi connectivity index (χ0n) is 9.58. The smallest absolute Gasteiger partial charge is 0.0701 e. The fourth-order valence-electron chi connectivity index (χ4n) is 3.58. The van der Waals surface area contributed by atoms with Gasteiger partial charge < -0.3 is 5.32 Å². The minimum atomic E-state index is 0.709. The highest BCUT2D eigenvalue weighted by Crippen LogP contribution is 2.59. The molecule has 0 radical (unpaired) electrons. The van der Waals surface area contributed by atoms with E-state index in [1.54, 1.807) is 0 Å². The summed E-state index contributed by atoms with van der Waals surface area (Å²) < 4.78 is 1.26. The average Bonchev–Trinajstić information content (AvgIpc) is 2.70.